The molecule has 1 N–H and O–H groups in total. The molecule has 9 heteroatoms. The lowest BCUT2D eigenvalue weighted by Crippen LogP contribution is -2.34. The molecule has 0 spiro atoms. The molecule has 1 unspecified atom stereocenters. The molecule has 5 rings (SSSR count). The molecule has 2 saturated heterocycles. The predicted octanol–water partition coefficient (Wildman–Crippen LogP) is 2.39. The maximum absolute atomic E-state index is 9.27. The van der Waals surface area contributed by atoms with Crippen molar-refractivity contribution in [3.8, 4) is 0 Å². The monoisotopic (exact) mass is 412 g/mol. The van der Waals surface area contributed by atoms with E-state index >= 15 is 0 Å². The third-order valence-corrected chi connectivity index (χ3v) is 6.05. The van der Waals surface area contributed by atoms with Gasteiger partial charge in [0.15, 0.2) is 11.4 Å². The van der Waals surface area contributed by atoms with Gasteiger partial charge in [0.2, 0.25) is 5.65 Å². The summed E-state index contributed by atoms with van der Waals surface area (Å²) in [5.41, 5.74) is 2.33. The van der Waals surface area contributed by atoms with Gasteiger partial charge in [-0.25, -0.2) is 14.6 Å². The van der Waals surface area contributed by atoms with Gasteiger partial charge in [-0.3, -0.25) is 0 Å². The normalized spacial score (nSPS) is 20.5. The third kappa shape index (κ3) is 3.79. The second kappa shape index (κ2) is 8.31. The van der Waals surface area contributed by atoms with Crippen molar-refractivity contribution in [2.75, 3.05) is 37.8 Å². The Labute approximate surface area is 175 Å². The Balaban J connectivity index is 1.31. The number of fused-ring (bicyclic) bond motifs is 1. The highest BCUT2D eigenvalue weighted by Crippen LogP contribution is 2.32. The number of ether oxygens (including phenoxy) is 1. The molecule has 0 bridgehead atoms. The molecule has 160 valence electrons. The molecule has 3 aromatic heterocycles. The van der Waals surface area contributed by atoms with Crippen LogP contribution in [0.4, 0.5) is 6.01 Å². The van der Waals surface area contributed by atoms with E-state index in [1.165, 1.54) is 0 Å². The van der Waals surface area contributed by atoms with Crippen LogP contribution in [0.2, 0.25) is 0 Å². The molecular weight excluding hydrogens is 384 g/mol. The number of rotatable bonds is 6. The fraction of sp³-hybridized carbons (Fsp3) is 0.619. The number of hydrogen-bond acceptors (Lipinski definition) is 8. The Bertz CT molecular complexity index is 1000. The van der Waals surface area contributed by atoms with Crippen molar-refractivity contribution >= 4 is 17.2 Å². The van der Waals surface area contributed by atoms with Crippen molar-refractivity contribution in [3.05, 3.63) is 29.5 Å². The summed E-state index contributed by atoms with van der Waals surface area (Å²) < 4.78 is 13.5. The summed E-state index contributed by atoms with van der Waals surface area (Å²) in [7, 11) is 0. The Hall–Kier alpha value is -2.52. The Kier molecular flexibility index (Phi) is 5.39. The number of pyridine rings is 1. The van der Waals surface area contributed by atoms with Crippen LogP contribution in [0.1, 0.15) is 54.9 Å². The van der Waals surface area contributed by atoms with E-state index in [9.17, 15) is 5.11 Å². The molecule has 3 aromatic rings. The third-order valence-electron chi connectivity index (χ3n) is 6.05. The molecule has 5 heterocycles. The molecule has 2 fully saturated rings. The zero-order valence-corrected chi connectivity index (χ0v) is 17.3. The van der Waals surface area contributed by atoms with Crippen LogP contribution in [0.3, 0.4) is 0 Å². The van der Waals surface area contributed by atoms with E-state index in [1.807, 2.05) is 23.7 Å². The minimum atomic E-state index is 0.158. The van der Waals surface area contributed by atoms with Crippen molar-refractivity contribution in [1.82, 2.24) is 24.7 Å². The lowest BCUT2D eigenvalue weighted by atomic mass is 9.96. The number of aliphatic hydroxyl groups excluding tert-OH is 1. The zero-order valence-electron chi connectivity index (χ0n) is 17.3. The van der Waals surface area contributed by atoms with Gasteiger partial charge in [-0.05, 0) is 44.7 Å². The van der Waals surface area contributed by atoms with Crippen LogP contribution < -0.4 is 4.90 Å². The summed E-state index contributed by atoms with van der Waals surface area (Å²) in [6, 6.07) is 4.52. The lowest BCUT2D eigenvalue weighted by molar-refractivity contribution is 0.193. The molecule has 2 aliphatic rings. The molecule has 0 saturated carbocycles. The van der Waals surface area contributed by atoms with Gasteiger partial charge in [-0.1, -0.05) is 0 Å². The number of piperidine rings is 1. The van der Waals surface area contributed by atoms with E-state index in [1.54, 1.807) is 0 Å². The number of oxazole rings is 1. The van der Waals surface area contributed by atoms with Gasteiger partial charge in [0.05, 0.1) is 6.61 Å². The van der Waals surface area contributed by atoms with Crippen LogP contribution in [0.5, 0.6) is 0 Å². The zero-order chi connectivity index (χ0) is 20.5. The first-order chi connectivity index (χ1) is 14.7. The van der Waals surface area contributed by atoms with Crippen LogP contribution in [-0.2, 0) is 11.3 Å². The summed E-state index contributed by atoms with van der Waals surface area (Å²) in [6.07, 6.45) is 3.59. The molecule has 2 aliphatic heterocycles. The maximum Gasteiger partial charge on any atom is 0.299 e. The van der Waals surface area contributed by atoms with Crippen LogP contribution in [0.25, 0.3) is 11.2 Å². The summed E-state index contributed by atoms with van der Waals surface area (Å²) >= 11 is 0. The maximum atomic E-state index is 9.27. The van der Waals surface area contributed by atoms with Crippen LogP contribution in [0, 0.1) is 6.92 Å². The highest BCUT2D eigenvalue weighted by atomic mass is 16.5. The molecule has 9 nitrogen and oxygen atoms in total. The first kappa shape index (κ1) is 19.4. The molecule has 0 radical (unpaired) electrons. The average molecular weight is 412 g/mol. The minimum Gasteiger partial charge on any atom is -0.422 e. The standard InChI is InChI=1S/C21H28N6O3/c1-14-3-4-17-19(22-14)24-21(30-17)26-9-5-15(6-10-26)20-23-18(16-7-12-29-13-16)25-27(20)8-2-11-28/h3-4,15-16,28H,2,5-13H2,1H3. The SMILES string of the molecule is Cc1ccc2oc(N3CCC(c4nc(C5CCOC5)nn4CCCO)CC3)nc2n1. The van der Waals surface area contributed by atoms with Gasteiger partial charge in [-0.15, -0.1) is 0 Å². The molecule has 0 aromatic carbocycles. The summed E-state index contributed by atoms with van der Waals surface area (Å²) in [5.74, 6) is 2.56. The quantitative estimate of drug-likeness (QED) is 0.658. The number of aromatic nitrogens is 5. The highest BCUT2D eigenvalue weighted by molar-refractivity contribution is 5.70. The second-order valence-corrected chi connectivity index (χ2v) is 8.22. The van der Waals surface area contributed by atoms with E-state index in [4.69, 9.17) is 19.2 Å². The fourth-order valence-corrected chi connectivity index (χ4v) is 4.34. The summed E-state index contributed by atoms with van der Waals surface area (Å²) in [4.78, 5) is 16.2. The molecule has 1 atom stereocenters. The Morgan fingerprint density at radius 2 is 1.97 bits per heavy atom. The molecule has 0 aliphatic carbocycles. The Morgan fingerprint density at radius 1 is 1.10 bits per heavy atom. The van der Waals surface area contributed by atoms with E-state index in [-0.39, 0.29) is 12.5 Å². The van der Waals surface area contributed by atoms with E-state index in [0.29, 0.717) is 37.2 Å². The number of nitrogens with zero attached hydrogens (tertiary/aromatic N) is 6. The summed E-state index contributed by atoms with van der Waals surface area (Å²) in [6.45, 7) is 6.00. The van der Waals surface area contributed by atoms with Crippen LogP contribution >= 0.6 is 0 Å². The highest BCUT2D eigenvalue weighted by Gasteiger charge is 2.30. The molecule has 0 amide bonds. The number of aliphatic hydroxyl groups is 1. The largest absolute Gasteiger partial charge is 0.422 e. The number of aryl methyl sites for hydroxylation is 2. The first-order valence-corrected chi connectivity index (χ1v) is 10.8. The van der Waals surface area contributed by atoms with E-state index in [0.717, 1.165) is 61.9 Å². The van der Waals surface area contributed by atoms with Gasteiger partial charge in [0, 0.05) is 50.4 Å². The average Bonchev–Trinajstić information content (AvgIpc) is 3.50. The van der Waals surface area contributed by atoms with Crippen LogP contribution in [-0.4, -0.2) is 62.7 Å². The van der Waals surface area contributed by atoms with Gasteiger partial charge < -0.3 is 19.2 Å². The van der Waals surface area contributed by atoms with Crippen LogP contribution in [0.15, 0.2) is 16.5 Å². The van der Waals surface area contributed by atoms with E-state index < -0.39 is 0 Å². The van der Waals surface area contributed by atoms with Crippen molar-refractivity contribution in [1.29, 1.82) is 0 Å². The Morgan fingerprint density at radius 3 is 2.73 bits per heavy atom. The van der Waals surface area contributed by atoms with Gasteiger partial charge in [-0.2, -0.15) is 10.1 Å². The fourth-order valence-electron chi connectivity index (χ4n) is 4.34. The van der Waals surface area contributed by atoms with Crippen molar-refractivity contribution in [3.63, 3.8) is 0 Å². The minimum absolute atomic E-state index is 0.158. The summed E-state index contributed by atoms with van der Waals surface area (Å²) in [5, 5.41) is 14.1. The molecule has 30 heavy (non-hydrogen) atoms. The van der Waals surface area contributed by atoms with E-state index in [2.05, 4.69) is 14.9 Å². The van der Waals surface area contributed by atoms with Gasteiger partial charge in [0.1, 0.15) is 5.82 Å². The number of hydrogen-bond donors (Lipinski definition) is 1. The van der Waals surface area contributed by atoms with Crippen molar-refractivity contribution in [2.24, 2.45) is 0 Å². The van der Waals surface area contributed by atoms with Gasteiger partial charge >= 0.3 is 0 Å². The van der Waals surface area contributed by atoms with Gasteiger partial charge in [0.25, 0.3) is 6.01 Å². The first-order valence-electron chi connectivity index (χ1n) is 10.8. The predicted molar refractivity (Wildman–Crippen MR) is 111 cm³/mol. The van der Waals surface area contributed by atoms with Crippen molar-refractivity contribution < 1.29 is 14.3 Å². The van der Waals surface area contributed by atoms with Crippen molar-refractivity contribution in [2.45, 2.75) is 51.0 Å². The number of anilines is 1. The molecular formula is C21H28N6O3. The smallest absolute Gasteiger partial charge is 0.299 e. The lowest BCUT2D eigenvalue weighted by Gasteiger charge is -2.30. The topological polar surface area (TPSA) is 102 Å². The second-order valence-electron chi connectivity index (χ2n) is 8.22.